The molecule has 5 rings (SSSR count). The maximum absolute atomic E-state index is 11.7. The van der Waals surface area contributed by atoms with Gasteiger partial charge in [0.25, 0.3) is 11.1 Å². The number of carbonyl (C=O) groups is 2. The van der Waals surface area contributed by atoms with Crippen LogP contribution in [0.25, 0.3) is 17.3 Å². The second-order valence-corrected chi connectivity index (χ2v) is 10.9. The summed E-state index contributed by atoms with van der Waals surface area (Å²) in [6, 6.07) is 10.1. The van der Waals surface area contributed by atoms with Crippen LogP contribution in [0.1, 0.15) is 37.1 Å². The predicted molar refractivity (Wildman–Crippen MR) is 144 cm³/mol. The Morgan fingerprint density at radius 3 is 2.61 bits per heavy atom. The first-order chi connectivity index (χ1) is 17.6. The van der Waals surface area contributed by atoms with E-state index in [9.17, 15) is 9.59 Å². The number of nitrogens with zero attached hydrogens (tertiary/aromatic N) is 3. The van der Waals surface area contributed by atoms with Gasteiger partial charge in [0.15, 0.2) is 0 Å². The lowest BCUT2D eigenvalue weighted by Gasteiger charge is -2.28. The van der Waals surface area contributed by atoms with Crippen molar-refractivity contribution in [2.45, 2.75) is 32.2 Å². The van der Waals surface area contributed by atoms with E-state index in [1.54, 1.807) is 29.7 Å². The molecule has 1 aliphatic carbocycles. The van der Waals surface area contributed by atoms with Crippen LogP contribution in [0.4, 0.5) is 10.7 Å². The molecule has 0 aromatic carbocycles. The molecule has 1 aliphatic heterocycles. The number of hydrogen-bond acceptors (Lipinski definition) is 9. The molecule has 0 bridgehead atoms. The van der Waals surface area contributed by atoms with E-state index in [2.05, 4.69) is 60.9 Å². The lowest BCUT2D eigenvalue weighted by molar-refractivity contribution is -0.115. The van der Waals surface area contributed by atoms with Gasteiger partial charge in [-0.2, -0.15) is 11.3 Å². The zero-order valence-corrected chi connectivity index (χ0v) is 21.4. The van der Waals surface area contributed by atoms with Gasteiger partial charge in [0, 0.05) is 30.2 Å². The second-order valence-electron chi connectivity index (χ2n) is 9.08. The van der Waals surface area contributed by atoms with Gasteiger partial charge in [-0.25, -0.2) is 9.97 Å². The summed E-state index contributed by atoms with van der Waals surface area (Å²) < 4.78 is 0. The van der Waals surface area contributed by atoms with Crippen molar-refractivity contribution >= 4 is 46.3 Å². The lowest BCUT2D eigenvalue weighted by atomic mass is 9.82. The molecule has 0 atom stereocenters. The first-order valence-corrected chi connectivity index (χ1v) is 13.9. The van der Waals surface area contributed by atoms with Crippen LogP contribution in [0, 0.1) is 11.8 Å². The van der Waals surface area contributed by atoms with Crippen molar-refractivity contribution < 1.29 is 9.59 Å². The topological polar surface area (TPSA) is 109 Å². The maximum atomic E-state index is 11.7. The van der Waals surface area contributed by atoms with Gasteiger partial charge >= 0.3 is 0 Å². The van der Waals surface area contributed by atoms with Gasteiger partial charge in [-0.15, -0.1) is 0 Å². The number of hydrogen-bond donors (Lipinski definition) is 3. The molecule has 3 aromatic heterocycles. The fraction of sp³-hybridized carbons (Fsp3) is 0.346. The Hall–Kier alpha value is -3.08. The van der Waals surface area contributed by atoms with Gasteiger partial charge < -0.3 is 10.6 Å². The Morgan fingerprint density at radius 1 is 1.03 bits per heavy atom. The monoisotopic (exact) mass is 520 g/mol. The molecular weight excluding hydrogens is 492 g/mol. The molecule has 186 valence electrons. The smallest absolute Gasteiger partial charge is 0.290 e. The first-order valence-electron chi connectivity index (χ1n) is 12.1. The maximum Gasteiger partial charge on any atom is 0.290 e. The van der Waals surface area contributed by atoms with Crippen LogP contribution < -0.4 is 16.0 Å². The number of pyridine rings is 1. The number of imide groups is 1. The van der Waals surface area contributed by atoms with Crippen molar-refractivity contribution in [1.29, 1.82) is 0 Å². The summed E-state index contributed by atoms with van der Waals surface area (Å²) in [5, 5.41) is 13.1. The Morgan fingerprint density at radius 2 is 1.86 bits per heavy atom. The summed E-state index contributed by atoms with van der Waals surface area (Å²) in [6.07, 6.45) is 8.03. The quantitative estimate of drug-likeness (QED) is 0.341. The van der Waals surface area contributed by atoms with E-state index in [1.165, 1.54) is 31.2 Å². The summed E-state index contributed by atoms with van der Waals surface area (Å²) in [4.78, 5) is 37.0. The molecule has 0 spiro atoms. The number of carbonyl (C=O) groups excluding carboxylic acids is 2. The van der Waals surface area contributed by atoms with Gasteiger partial charge in [0.05, 0.1) is 22.0 Å². The molecule has 0 unspecified atom stereocenters. The van der Waals surface area contributed by atoms with Crippen molar-refractivity contribution in [3.63, 3.8) is 0 Å². The Balaban J connectivity index is 1.03. The third kappa shape index (κ3) is 6.57. The molecule has 1 saturated carbocycles. The summed E-state index contributed by atoms with van der Waals surface area (Å²) in [7, 11) is 0. The van der Waals surface area contributed by atoms with Crippen molar-refractivity contribution in [1.82, 2.24) is 25.6 Å². The van der Waals surface area contributed by atoms with Crippen LogP contribution in [0.15, 0.2) is 52.2 Å². The predicted octanol–water partition coefficient (Wildman–Crippen LogP) is 4.93. The molecule has 0 radical (unpaired) electrons. The minimum Gasteiger partial charge on any atom is -0.354 e. The van der Waals surface area contributed by atoms with E-state index >= 15 is 0 Å². The SMILES string of the molecule is O=C1NC(=O)/C(=C/c2ccnc(NC[C@H]3CC[C@H](CNCc4cccc(-c5ccsc5)n4)CC3)n2)S1. The average molecular weight is 521 g/mol. The third-order valence-electron chi connectivity index (χ3n) is 6.48. The van der Waals surface area contributed by atoms with Crippen molar-refractivity contribution in [2.24, 2.45) is 11.8 Å². The Bertz CT molecular complexity index is 1240. The molecule has 2 aliphatic rings. The normalized spacial score (nSPS) is 21.1. The number of amides is 2. The minimum absolute atomic E-state index is 0.350. The molecule has 36 heavy (non-hydrogen) atoms. The molecule has 3 N–H and O–H groups in total. The number of thioether (sulfide) groups is 1. The van der Waals surface area contributed by atoms with Crippen LogP contribution in [0.3, 0.4) is 0 Å². The summed E-state index contributed by atoms with van der Waals surface area (Å²) in [5.41, 5.74) is 3.89. The highest BCUT2D eigenvalue weighted by Gasteiger charge is 2.25. The number of nitrogens with one attached hydrogen (secondary N) is 3. The number of rotatable bonds is 9. The van der Waals surface area contributed by atoms with E-state index in [4.69, 9.17) is 4.98 Å². The van der Waals surface area contributed by atoms with E-state index in [1.807, 2.05) is 0 Å². The van der Waals surface area contributed by atoms with E-state index in [0.717, 1.165) is 42.8 Å². The van der Waals surface area contributed by atoms with Gasteiger partial charge in [0.2, 0.25) is 5.95 Å². The van der Waals surface area contributed by atoms with E-state index in [-0.39, 0.29) is 11.1 Å². The third-order valence-corrected chi connectivity index (χ3v) is 7.97. The van der Waals surface area contributed by atoms with Gasteiger partial charge in [0.1, 0.15) is 0 Å². The zero-order valence-electron chi connectivity index (χ0n) is 19.8. The minimum atomic E-state index is -0.382. The van der Waals surface area contributed by atoms with Gasteiger partial charge in [-0.1, -0.05) is 6.07 Å². The van der Waals surface area contributed by atoms with Crippen LogP contribution in [0.5, 0.6) is 0 Å². The van der Waals surface area contributed by atoms with Crippen molar-refractivity contribution in [3.05, 3.63) is 63.6 Å². The van der Waals surface area contributed by atoms with Crippen molar-refractivity contribution in [2.75, 3.05) is 18.4 Å². The highest BCUT2D eigenvalue weighted by molar-refractivity contribution is 8.18. The molecule has 3 aromatic rings. The average Bonchev–Trinajstić information content (AvgIpc) is 3.54. The number of thiophene rings is 1. The Labute approximate surface area is 218 Å². The fourth-order valence-corrected chi connectivity index (χ4v) is 5.84. The molecule has 10 heteroatoms. The molecule has 2 fully saturated rings. The lowest BCUT2D eigenvalue weighted by Crippen LogP contribution is -2.28. The first kappa shape index (κ1) is 24.6. The van der Waals surface area contributed by atoms with Crippen LogP contribution in [0.2, 0.25) is 0 Å². The summed E-state index contributed by atoms with van der Waals surface area (Å²) >= 11 is 2.58. The fourth-order valence-electron chi connectivity index (χ4n) is 4.52. The molecular formula is C26H28N6O2S2. The number of anilines is 1. The zero-order chi connectivity index (χ0) is 24.7. The Kier molecular flexibility index (Phi) is 8.04. The van der Waals surface area contributed by atoms with Gasteiger partial charge in [-0.05, 0) is 91.5 Å². The highest BCUT2D eigenvalue weighted by atomic mass is 32.2. The van der Waals surface area contributed by atoms with Gasteiger partial charge in [-0.3, -0.25) is 19.9 Å². The van der Waals surface area contributed by atoms with Crippen LogP contribution in [-0.2, 0) is 11.3 Å². The van der Waals surface area contributed by atoms with E-state index in [0.29, 0.717) is 28.4 Å². The molecule has 4 heterocycles. The van der Waals surface area contributed by atoms with Crippen molar-refractivity contribution in [3.8, 4) is 11.3 Å². The second kappa shape index (κ2) is 11.8. The number of aromatic nitrogens is 3. The van der Waals surface area contributed by atoms with Crippen LogP contribution in [-0.4, -0.2) is 39.2 Å². The standard InChI is InChI=1S/C26H28N6O2S2/c33-24-23(36-26(34)32-24)12-20-8-10-28-25(31-20)29-14-18-6-4-17(5-7-18)13-27-15-21-2-1-3-22(30-21)19-9-11-35-16-19/h1-3,8-12,16-18,27H,4-7,13-15H2,(H,28,29,31)(H,32,33,34)/b23-12-/t17-,18-. The summed E-state index contributed by atoms with van der Waals surface area (Å²) in [6.45, 7) is 2.63. The van der Waals surface area contributed by atoms with Crippen LogP contribution >= 0.6 is 23.1 Å². The highest BCUT2D eigenvalue weighted by Crippen LogP contribution is 2.29. The largest absolute Gasteiger partial charge is 0.354 e. The molecule has 8 nitrogen and oxygen atoms in total. The summed E-state index contributed by atoms with van der Waals surface area (Å²) in [5.74, 6) is 1.43. The molecule has 1 saturated heterocycles. The molecule has 2 amide bonds. The van der Waals surface area contributed by atoms with E-state index < -0.39 is 0 Å².